The van der Waals surface area contributed by atoms with E-state index >= 15 is 0 Å². The number of rotatable bonds is 11. The lowest BCUT2D eigenvalue weighted by Gasteiger charge is -2.38. The molecule has 3 fully saturated rings. The first-order valence-corrected chi connectivity index (χ1v) is 13.8. The highest BCUT2D eigenvalue weighted by Crippen LogP contribution is 2.66. The summed E-state index contributed by atoms with van der Waals surface area (Å²) in [5.41, 5.74) is 1.50. The van der Waals surface area contributed by atoms with Gasteiger partial charge in [-0.2, -0.15) is 0 Å². The maximum Gasteiger partial charge on any atom is 0.310 e. The molecule has 3 aliphatic heterocycles. The molecule has 2 bridgehead atoms. The molecule has 1 N–H and O–H groups in total. The monoisotopic (exact) mass is 539 g/mol. The van der Waals surface area contributed by atoms with Gasteiger partial charge in [0.2, 0.25) is 11.8 Å². The summed E-state index contributed by atoms with van der Waals surface area (Å²) in [6.45, 7) is 9.50. The minimum Gasteiger partial charge on any atom is -0.465 e. The fourth-order valence-electron chi connectivity index (χ4n) is 6.27. The SMILES string of the molecule is C=CCCOC(=O)[C@@H]1[C@@H]2CCC3(S2)C(C(=O)N(CC=C)Cn2nnc4ccccc42)N([C@H](C)CO)C(=O)[C@H]13. The number of fused-ring (bicyclic) bond motifs is 2. The summed E-state index contributed by atoms with van der Waals surface area (Å²) in [6.07, 6.45) is 5.20. The highest BCUT2D eigenvalue weighted by atomic mass is 32.2. The highest BCUT2D eigenvalue weighted by molar-refractivity contribution is 8.02. The van der Waals surface area contributed by atoms with Crippen molar-refractivity contribution in [2.75, 3.05) is 19.8 Å². The molecule has 4 heterocycles. The van der Waals surface area contributed by atoms with Crippen molar-refractivity contribution in [1.82, 2.24) is 24.8 Å². The van der Waals surface area contributed by atoms with Crippen LogP contribution in [0.1, 0.15) is 26.2 Å². The molecule has 5 rings (SSSR count). The van der Waals surface area contributed by atoms with Gasteiger partial charge in [0.25, 0.3) is 0 Å². The summed E-state index contributed by atoms with van der Waals surface area (Å²) >= 11 is 1.57. The molecule has 0 radical (unpaired) electrons. The number of aliphatic hydroxyl groups excluding tert-OH is 1. The third kappa shape index (κ3) is 4.12. The zero-order valence-electron chi connectivity index (χ0n) is 21.4. The van der Waals surface area contributed by atoms with Gasteiger partial charge in [0.05, 0.1) is 41.4 Å². The molecule has 38 heavy (non-hydrogen) atoms. The van der Waals surface area contributed by atoms with Crippen molar-refractivity contribution in [3.05, 3.63) is 49.6 Å². The van der Waals surface area contributed by atoms with E-state index in [4.69, 9.17) is 4.74 Å². The Kier molecular flexibility index (Phi) is 7.32. The van der Waals surface area contributed by atoms with Crippen molar-refractivity contribution in [1.29, 1.82) is 0 Å². The van der Waals surface area contributed by atoms with E-state index in [-0.39, 0.29) is 43.5 Å². The number of para-hydroxylation sites is 1. The first kappa shape index (κ1) is 26.4. The summed E-state index contributed by atoms with van der Waals surface area (Å²) in [5, 5.41) is 18.4. The molecule has 2 unspecified atom stereocenters. The number of aromatic nitrogens is 3. The zero-order valence-corrected chi connectivity index (χ0v) is 22.3. The van der Waals surface area contributed by atoms with Crippen molar-refractivity contribution < 1.29 is 24.2 Å². The van der Waals surface area contributed by atoms with Crippen LogP contribution in [-0.2, 0) is 25.8 Å². The molecule has 2 aromatic rings. The van der Waals surface area contributed by atoms with Crippen LogP contribution in [0.3, 0.4) is 0 Å². The molecule has 3 aliphatic rings. The van der Waals surface area contributed by atoms with Gasteiger partial charge in [-0.3, -0.25) is 14.4 Å². The molecule has 6 atom stereocenters. The Morgan fingerprint density at radius 3 is 2.87 bits per heavy atom. The van der Waals surface area contributed by atoms with Crippen LogP contribution in [0, 0.1) is 11.8 Å². The third-order valence-electron chi connectivity index (χ3n) is 7.94. The summed E-state index contributed by atoms with van der Waals surface area (Å²) < 4.78 is 6.40. The predicted octanol–water partition coefficient (Wildman–Crippen LogP) is 1.99. The van der Waals surface area contributed by atoms with Gasteiger partial charge in [-0.05, 0) is 38.3 Å². The fraction of sp³-hybridized carbons (Fsp3) is 0.519. The molecular formula is C27H33N5O5S. The standard InChI is InChI=1S/C27H33N5O5S/c1-4-6-14-37-26(36)21-20-11-12-27(38-20)22(21)24(34)32(17(3)15-33)23(27)25(35)30(13-5-2)16-31-19-10-8-7-9-18(19)28-29-31/h4-5,7-10,17,20-23,33H,1-2,6,11-16H2,3H3/t17-,20+,21-,22+,23?,27?/m1/s1. The molecule has 1 aromatic carbocycles. The van der Waals surface area contributed by atoms with Gasteiger partial charge < -0.3 is 19.6 Å². The number of hydrogen-bond donors (Lipinski definition) is 1. The van der Waals surface area contributed by atoms with Crippen molar-refractivity contribution in [3.8, 4) is 0 Å². The first-order valence-electron chi connectivity index (χ1n) is 12.9. The molecule has 0 aliphatic carbocycles. The second kappa shape index (κ2) is 10.5. The summed E-state index contributed by atoms with van der Waals surface area (Å²) in [6, 6.07) is 6.07. The number of likely N-dealkylation sites (tertiary alicyclic amines) is 1. The van der Waals surface area contributed by atoms with E-state index < -0.39 is 34.6 Å². The lowest BCUT2D eigenvalue weighted by molar-refractivity contribution is -0.154. The lowest BCUT2D eigenvalue weighted by atomic mass is 9.71. The van der Waals surface area contributed by atoms with Crippen LogP contribution < -0.4 is 0 Å². The van der Waals surface area contributed by atoms with E-state index in [0.717, 1.165) is 11.9 Å². The normalized spacial score (nSPS) is 28.4. The first-order chi connectivity index (χ1) is 18.4. The van der Waals surface area contributed by atoms with Crippen LogP contribution in [-0.4, -0.2) is 89.5 Å². The third-order valence-corrected chi connectivity index (χ3v) is 9.89. The molecule has 3 saturated heterocycles. The van der Waals surface area contributed by atoms with Gasteiger partial charge in [0, 0.05) is 11.8 Å². The fourth-order valence-corrected chi connectivity index (χ4v) is 8.46. The maximum absolute atomic E-state index is 14.4. The average molecular weight is 540 g/mol. The largest absolute Gasteiger partial charge is 0.465 e. The molecule has 1 aromatic heterocycles. The molecule has 2 amide bonds. The molecule has 11 heteroatoms. The Bertz CT molecular complexity index is 1270. The van der Waals surface area contributed by atoms with E-state index in [1.807, 2.05) is 24.3 Å². The van der Waals surface area contributed by atoms with Crippen LogP contribution in [0.15, 0.2) is 49.6 Å². The van der Waals surface area contributed by atoms with Gasteiger partial charge in [0.1, 0.15) is 18.2 Å². The van der Waals surface area contributed by atoms with Crippen LogP contribution >= 0.6 is 11.8 Å². The number of benzene rings is 1. The number of nitrogens with zero attached hydrogens (tertiary/aromatic N) is 5. The second-order valence-corrected chi connectivity index (χ2v) is 11.7. The van der Waals surface area contributed by atoms with Gasteiger partial charge in [-0.25, -0.2) is 4.68 Å². The van der Waals surface area contributed by atoms with Crippen LogP contribution in [0.25, 0.3) is 11.0 Å². The molecule has 0 saturated carbocycles. The highest BCUT2D eigenvalue weighted by Gasteiger charge is 2.74. The Morgan fingerprint density at radius 1 is 1.34 bits per heavy atom. The topological polar surface area (TPSA) is 118 Å². The number of ether oxygens (including phenoxy) is 1. The number of aliphatic hydroxyl groups is 1. The molecule has 202 valence electrons. The van der Waals surface area contributed by atoms with Gasteiger partial charge >= 0.3 is 5.97 Å². The predicted molar refractivity (Wildman–Crippen MR) is 143 cm³/mol. The Labute approximate surface area is 225 Å². The maximum atomic E-state index is 14.4. The van der Waals surface area contributed by atoms with Crippen molar-refractivity contribution in [2.45, 2.75) is 54.9 Å². The van der Waals surface area contributed by atoms with Crippen molar-refractivity contribution in [2.24, 2.45) is 11.8 Å². The lowest BCUT2D eigenvalue weighted by Crippen LogP contribution is -2.57. The summed E-state index contributed by atoms with van der Waals surface area (Å²) in [7, 11) is 0. The van der Waals surface area contributed by atoms with Gasteiger partial charge in [0.15, 0.2) is 0 Å². The number of carbonyl (C=O) groups excluding carboxylic acids is 3. The molecule has 10 nitrogen and oxygen atoms in total. The van der Waals surface area contributed by atoms with Crippen molar-refractivity contribution in [3.63, 3.8) is 0 Å². The Hall–Kier alpha value is -3.18. The zero-order chi connectivity index (χ0) is 27.0. The van der Waals surface area contributed by atoms with E-state index in [1.54, 1.807) is 40.4 Å². The van der Waals surface area contributed by atoms with Gasteiger partial charge in [-0.1, -0.05) is 29.5 Å². The van der Waals surface area contributed by atoms with E-state index in [0.29, 0.717) is 18.4 Å². The Morgan fingerprint density at radius 2 is 2.13 bits per heavy atom. The van der Waals surface area contributed by atoms with Gasteiger partial charge in [-0.15, -0.1) is 30.0 Å². The second-order valence-electron chi connectivity index (χ2n) is 10.1. The summed E-state index contributed by atoms with van der Waals surface area (Å²) in [4.78, 5) is 44.7. The van der Waals surface area contributed by atoms with E-state index in [1.165, 1.54) is 4.90 Å². The number of carbonyl (C=O) groups is 3. The number of amides is 2. The van der Waals surface area contributed by atoms with Crippen molar-refractivity contribution >= 4 is 40.6 Å². The molecular weight excluding hydrogens is 506 g/mol. The molecule has 1 spiro atoms. The Balaban J connectivity index is 1.50. The van der Waals surface area contributed by atoms with Crippen LogP contribution in [0.5, 0.6) is 0 Å². The smallest absolute Gasteiger partial charge is 0.310 e. The number of thioether (sulfide) groups is 1. The summed E-state index contributed by atoms with van der Waals surface area (Å²) in [5.74, 6) is -2.22. The van der Waals surface area contributed by atoms with Crippen LogP contribution in [0.2, 0.25) is 0 Å². The average Bonchev–Trinajstić information content (AvgIpc) is 3.67. The number of hydrogen-bond acceptors (Lipinski definition) is 8. The van der Waals surface area contributed by atoms with Crippen LogP contribution in [0.4, 0.5) is 0 Å². The minimum atomic E-state index is -0.835. The minimum absolute atomic E-state index is 0.0887. The quantitative estimate of drug-likeness (QED) is 0.262. The van der Waals surface area contributed by atoms with E-state index in [9.17, 15) is 19.5 Å². The number of esters is 1. The van der Waals surface area contributed by atoms with E-state index in [2.05, 4.69) is 23.5 Å².